The first-order chi connectivity index (χ1) is 15.2. The summed E-state index contributed by atoms with van der Waals surface area (Å²) in [5.74, 6) is -0.115. The molecule has 0 spiro atoms. The number of hydrogen-bond donors (Lipinski definition) is 1. The van der Waals surface area contributed by atoms with Crippen LogP contribution in [0.3, 0.4) is 0 Å². The second kappa shape index (κ2) is 8.70. The van der Waals surface area contributed by atoms with Crippen molar-refractivity contribution in [2.45, 2.75) is 58.4 Å². The van der Waals surface area contributed by atoms with Gasteiger partial charge >= 0.3 is 0 Å². The SMILES string of the molecule is Cc1nc2c(NC(C)(C)C)cc(Cl)nn2c1Cc1cccc(F)c1C1CCN(C=O)CC1. The second-order valence-corrected chi connectivity index (χ2v) is 9.93. The summed E-state index contributed by atoms with van der Waals surface area (Å²) in [5, 5.41) is 8.32. The van der Waals surface area contributed by atoms with Gasteiger partial charge in [0.1, 0.15) is 5.82 Å². The van der Waals surface area contributed by atoms with Gasteiger partial charge in [0, 0.05) is 31.1 Å². The maximum absolute atomic E-state index is 15.0. The van der Waals surface area contributed by atoms with Crippen LogP contribution in [-0.4, -0.2) is 44.5 Å². The molecule has 1 aromatic carbocycles. The third kappa shape index (κ3) is 4.58. The van der Waals surface area contributed by atoms with Gasteiger partial charge in [-0.15, -0.1) is 0 Å². The molecule has 0 atom stereocenters. The molecule has 0 saturated carbocycles. The van der Waals surface area contributed by atoms with Crippen LogP contribution >= 0.6 is 11.6 Å². The van der Waals surface area contributed by atoms with Gasteiger partial charge in [0.05, 0.1) is 17.1 Å². The van der Waals surface area contributed by atoms with Crippen LogP contribution in [0.1, 0.15) is 62.0 Å². The number of hydrogen-bond acceptors (Lipinski definition) is 4. The molecule has 1 N–H and O–H groups in total. The largest absolute Gasteiger partial charge is 0.377 e. The normalized spacial score (nSPS) is 15.4. The van der Waals surface area contributed by atoms with Gasteiger partial charge in [-0.1, -0.05) is 23.7 Å². The molecule has 6 nitrogen and oxygen atoms in total. The van der Waals surface area contributed by atoms with E-state index >= 15 is 4.39 Å². The third-order valence-corrected chi connectivity index (χ3v) is 6.13. The minimum Gasteiger partial charge on any atom is -0.377 e. The number of nitrogens with zero attached hydrogens (tertiary/aromatic N) is 4. The standard InChI is InChI=1S/C24H29ClFN5O/c1-15-20(31-23(27-15)19(13-21(25)29-31)28-24(2,3)4)12-17-6-5-7-18(26)22(17)16-8-10-30(14-32)11-9-16/h5-7,13-14,16,28H,8-12H2,1-4H3. The number of halogens is 2. The summed E-state index contributed by atoms with van der Waals surface area (Å²) in [4.78, 5) is 17.6. The minimum atomic E-state index is -0.195. The molecule has 1 aliphatic rings. The van der Waals surface area contributed by atoms with E-state index in [0.29, 0.717) is 30.3 Å². The number of nitrogens with one attached hydrogen (secondary N) is 1. The summed E-state index contributed by atoms with van der Waals surface area (Å²) in [6, 6.07) is 7.03. The van der Waals surface area contributed by atoms with Crippen molar-refractivity contribution in [2.75, 3.05) is 18.4 Å². The lowest BCUT2D eigenvalue weighted by Gasteiger charge is -2.30. The zero-order chi connectivity index (χ0) is 23.0. The van der Waals surface area contributed by atoms with Crippen LogP contribution in [0.2, 0.25) is 5.15 Å². The fourth-order valence-corrected chi connectivity index (χ4v) is 4.69. The van der Waals surface area contributed by atoms with Crippen LogP contribution in [0.5, 0.6) is 0 Å². The fraction of sp³-hybridized carbons (Fsp3) is 0.458. The number of aryl methyl sites for hydroxylation is 1. The fourth-order valence-electron chi connectivity index (χ4n) is 4.51. The van der Waals surface area contributed by atoms with Crippen molar-refractivity contribution in [3.05, 3.63) is 57.8 Å². The summed E-state index contributed by atoms with van der Waals surface area (Å²) >= 11 is 6.35. The average molecular weight is 458 g/mol. The van der Waals surface area contributed by atoms with E-state index in [1.807, 2.05) is 13.0 Å². The molecular weight excluding hydrogens is 429 g/mol. The van der Waals surface area contributed by atoms with E-state index in [1.54, 1.807) is 21.5 Å². The smallest absolute Gasteiger partial charge is 0.209 e. The Kier molecular flexibility index (Phi) is 6.12. The van der Waals surface area contributed by atoms with E-state index in [2.05, 4.69) is 31.2 Å². The Bertz CT molecular complexity index is 1150. The number of piperidine rings is 1. The Labute approximate surface area is 192 Å². The van der Waals surface area contributed by atoms with Crippen LogP contribution in [-0.2, 0) is 11.2 Å². The molecule has 3 aromatic rings. The average Bonchev–Trinajstić information content (AvgIpc) is 3.03. The monoisotopic (exact) mass is 457 g/mol. The molecule has 3 heterocycles. The second-order valence-electron chi connectivity index (χ2n) is 9.54. The first-order valence-electron chi connectivity index (χ1n) is 11.0. The molecule has 0 bridgehead atoms. The van der Waals surface area contributed by atoms with Gasteiger partial charge in [-0.2, -0.15) is 5.10 Å². The third-order valence-electron chi connectivity index (χ3n) is 5.95. The van der Waals surface area contributed by atoms with E-state index in [9.17, 15) is 4.79 Å². The highest BCUT2D eigenvalue weighted by molar-refractivity contribution is 6.29. The van der Waals surface area contributed by atoms with Gasteiger partial charge in [-0.25, -0.2) is 13.9 Å². The van der Waals surface area contributed by atoms with Gasteiger partial charge in [-0.3, -0.25) is 4.79 Å². The van der Waals surface area contributed by atoms with Gasteiger partial charge in [-0.05, 0) is 63.6 Å². The minimum absolute atomic E-state index is 0.0801. The molecule has 4 rings (SSSR count). The predicted octanol–water partition coefficient (Wildman–Crippen LogP) is 4.97. The molecule has 2 aromatic heterocycles. The van der Waals surface area contributed by atoms with Crippen molar-refractivity contribution < 1.29 is 9.18 Å². The Balaban J connectivity index is 1.74. The molecule has 0 aliphatic carbocycles. The summed E-state index contributed by atoms with van der Waals surface area (Å²) in [6.07, 6.45) is 2.88. The molecule has 8 heteroatoms. The number of amides is 1. The van der Waals surface area contributed by atoms with E-state index < -0.39 is 0 Å². The van der Waals surface area contributed by atoms with E-state index in [-0.39, 0.29) is 17.3 Å². The maximum Gasteiger partial charge on any atom is 0.209 e. The highest BCUT2D eigenvalue weighted by Crippen LogP contribution is 2.34. The van der Waals surface area contributed by atoms with Gasteiger partial charge < -0.3 is 10.2 Å². The molecule has 32 heavy (non-hydrogen) atoms. The number of carbonyl (C=O) groups excluding carboxylic acids is 1. The molecule has 1 aliphatic heterocycles. The zero-order valence-corrected chi connectivity index (χ0v) is 19.7. The molecule has 1 fully saturated rings. The van der Waals surface area contributed by atoms with E-state index in [4.69, 9.17) is 16.6 Å². The molecule has 0 unspecified atom stereocenters. The first-order valence-corrected chi connectivity index (χ1v) is 11.3. The lowest BCUT2D eigenvalue weighted by atomic mass is 9.85. The molecule has 1 amide bonds. The van der Waals surface area contributed by atoms with E-state index in [0.717, 1.165) is 47.5 Å². The highest BCUT2D eigenvalue weighted by atomic mass is 35.5. The number of likely N-dealkylation sites (tertiary alicyclic amines) is 1. The van der Waals surface area contributed by atoms with Gasteiger partial charge in [0.15, 0.2) is 10.8 Å². The molecule has 170 valence electrons. The van der Waals surface area contributed by atoms with Crippen LogP contribution < -0.4 is 5.32 Å². The Hall–Kier alpha value is -2.67. The molecule has 0 radical (unpaired) electrons. The number of benzene rings is 1. The number of anilines is 1. The van der Waals surface area contributed by atoms with Crippen molar-refractivity contribution in [2.24, 2.45) is 0 Å². The molecular formula is C24H29ClFN5O. The van der Waals surface area contributed by atoms with Crippen LogP contribution in [0.4, 0.5) is 10.1 Å². The van der Waals surface area contributed by atoms with Gasteiger partial charge in [0.2, 0.25) is 6.41 Å². The van der Waals surface area contributed by atoms with Crippen LogP contribution in [0.15, 0.2) is 24.3 Å². The van der Waals surface area contributed by atoms with Crippen molar-refractivity contribution >= 4 is 29.3 Å². The van der Waals surface area contributed by atoms with Crippen molar-refractivity contribution in [1.29, 1.82) is 0 Å². The number of rotatable bonds is 5. The summed E-state index contributed by atoms with van der Waals surface area (Å²) in [6.45, 7) is 9.46. The number of imidazole rings is 1. The van der Waals surface area contributed by atoms with Gasteiger partial charge in [0.25, 0.3) is 0 Å². The van der Waals surface area contributed by atoms with Crippen molar-refractivity contribution in [3.8, 4) is 0 Å². The Morgan fingerprint density at radius 2 is 2.00 bits per heavy atom. The Morgan fingerprint density at radius 3 is 2.66 bits per heavy atom. The quantitative estimate of drug-likeness (QED) is 0.549. The highest BCUT2D eigenvalue weighted by Gasteiger charge is 2.26. The lowest BCUT2D eigenvalue weighted by Crippen LogP contribution is -2.32. The predicted molar refractivity (Wildman–Crippen MR) is 125 cm³/mol. The molecule has 1 saturated heterocycles. The Morgan fingerprint density at radius 1 is 1.28 bits per heavy atom. The lowest BCUT2D eigenvalue weighted by molar-refractivity contribution is -0.119. The van der Waals surface area contributed by atoms with Crippen LogP contribution in [0.25, 0.3) is 5.65 Å². The zero-order valence-electron chi connectivity index (χ0n) is 19.0. The summed E-state index contributed by atoms with van der Waals surface area (Å²) < 4.78 is 16.8. The first kappa shape index (κ1) is 22.5. The number of carbonyl (C=O) groups is 1. The van der Waals surface area contributed by atoms with E-state index in [1.165, 1.54) is 6.07 Å². The van der Waals surface area contributed by atoms with Crippen molar-refractivity contribution in [3.63, 3.8) is 0 Å². The topological polar surface area (TPSA) is 62.5 Å². The number of aromatic nitrogens is 3. The summed E-state index contributed by atoms with van der Waals surface area (Å²) in [7, 11) is 0. The van der Waals surface area contributed by atoms with Crippen LogP contribution in [0, 0.1) is 12.7 Å². The van der Waals surface area contributed by atoms with Crippen molar-refractivity contribution in [1.82, 2.24) is 19.5 Å². The number of fused-ring (bicyclic) bond motifs is 1. The maximum atomic E-state index is 15.0. The summed E-state index contributed by atoms with van der Waals surface area (Å²) in [5.41, 5.74) is 4.73.